The summed E-state index contributed by atoms with van der Waals surface area (Å²) in [6, 6.07) is 7.54. The number of likely N-dealkylation sites (tertiary alicyclic amines) is 1. The second-order valence-corrected chi connectivity index (χ2v) is 6.56. The van der Waals surface area contributed by atoms with E-state index in [4.69, 9.17) is 0 Å². The number of rotatable bonds is 5. The summed E-state index contributed by atoms with van der Waals surface area (Å²) in [5.41, 5.74) is 1.90. The van der Waals surface area contributed by atoms with Gasteiger partial charge in [-0.3, -0.25) is 14.6 Å². The fraction of sp³-hybridized carbons (Fsp3) is 0.474. The number of hydrogen-bond acceptors (Lipinski definition) is 4. The Hall–Kier alpha value is -2.50. The number of piperidine rings is 1. The molecule has 1 N–H and O–H groups in total. The number of fused-ring (bicyclic) bond motifs is 1. The van der Waals surface area contributed by atoms with Crippen molar-refractivity contribution in [2.24, 2.45) is 5.92 Å². The van der Waals surface area contributed by atoms with E-state index in [0.29, 0.717) is 31.1 Å². The van der Waals surface area contributed by atoms with Crippen LogP contribution in [0.25, 0.3) is 11.0 Å². The van der Waals surface area contributed by atoms with Crippen LogP contribution in [-0.2, 0) is 4.79 Å². The standard InChI is InChI=1S/C19H24N4O2/c1-2-6-18(24)21-11-14-7-5-10-23(13-14)19(25)17-12-20-15-8-3-4-9-16(15)22-17/h3-4,8-9,12,14H,2,5-7,10-11,13H2,1H3,(H,21,24)/t14-/m0/s1. The molecule has 6 nitrogen and oxygen atoms in total. The first-order valence-corrected chi connectivity index (χ1v) is 8.95. The number of amides is 2. The minimum absolute atomic E-state index is 0.0807. The largest absolute Gasteiger partial charge is 0.356 e. The van der Waals surface area contributed by atoms with Crippen LogP contribution in [0.4, 0.5) is 0 Å². The van der Waals surface area contributed by atoms with Crippen molar-refractivity contribution in [1.29, 1.82) is 0 Å². The maximum Gasteiger partial charge on any atom is 0.274 e. The monoisotopic (exact) mass is 340 g/mol. The highest BCUT2D eigenvalue weighted by molar-refractivity contribution is 5.93. The van der Waals surface area contributed by atoms with Crippen molar-refractivity contribution >= 4 is 22.8 Å². The SMILES string of the molecule is CCCC(=O)NC[C@@H]1CCCN(C(=O)c2cnc3ccccc3n2)C1. The zero-order valence-electron chi connectivity index (χ0n) is 14.6. The summed E-state index contributed by atoms with van der Waals surface area (Å²) in [5.74, 6) is 0.307. The van der Waals surface area contributed by atoms with Gasteiger partial charge in [0.2, 0.25) is 5.91 Å². The Balaban J connectivity index is 1.63. The molecular weight excluding hydrogens is 316 g/mol. The molecule has 1 aliphatic heterocycles. The van der Waals surface area contributed by atoms with Gasteiger partial charge in [0.1, 0.15) is 5.69 Å². The summed E-state index contributed by atoms with van der Waals surface area (Å²) in [6.45, 7) is 4.00. The third kappa shape index (κ3) is 4.32. The summed E-state index contributed by atoms with van der Waals surface area (Å²) >= 11 is 0. The number of nitrogens with one attached hydrogen (secondary N) is 1. The number of benzene rings is 1. The van der Waals surface area contributed by atoms with Gasteiger partial charge in [-0.1, -0.05) is 19.1 Å². The van der Waals surface area contributed by atoms with E-state index in [2.05, 4.69) is 15.3 Å². The van der Waals surface area contributed by atoms with Crippen LogP contribution in [0.1, 0.15) is 43.1 Å². The lowest BCUT2D eigenvalue weighted by Gasteiger charge is -2.32. The molecule has 2 amide bonds. The molecule has 6 heteroatoms. The van der Waals surface area contributed by atoms with Crippen LogP contribution in [0, 0.1) is 5.92 Å². The first kappa shape index (κ1) is 17.3. The molecule has 0 unspecified atom stereocenters. The first-order chi connectivity index (χ1) is 12.2. The average Bonchev–Trinajstić information content (AvgIpc) is 2.66. The van der Waals surface area contributed by atoms with Crippen LogP contribution in [0.2, 0.25) is 0 Å². The van der Waals surface area contributed by atoms with Gasteiger partial charge in [-0.2, -0.15) is 0 Å². The number of carbonyl (C=O) groups is 2. The maximum absolute atomic E-state index is 12.8. The maximum atomic E-state index is 12.8. The molecule has 1 aliphatic rings. The van der Waals surface area contributed by atoms with Crippen molar-refractivity contribution in [1.82, 2.24) is 20.2 Å². The van der Waals surface area contributed by atoms with Crippen molar-refractivity contribution in [3.8, 4) is 0 Å². The Morgan fingerprint density at radius 2 is 2.08 bits per heavy atom. The molecule has 2 heterocycles. The number of nitrogens with zero attached hydrogens (tertiary/aromatic N) is 3. The van der Waals surface area contributed by atoms with Gasteiger partial charge in [-0.05, 0) is 37.3 Å². The van der Waals surface area contributed by atoms with Gasteiger partial charge in [0, 0.05) is 26.1 Å². The second-order valence-electron chi connectivity index (χ2n) is 6.56. The average molecular weight is 340 g/mol. The van der Waals surface area contributed by atoms with E-state index in [-0.39, 0.29) is 11.8 Å². The predicted molar refractivity (Wildman–Crippen MR) is 96.1 cm³/mol. The highest BCUT2D eigenvalue weighted by Crippen LogP contribution is 2.18. The molecule has 1 atom stereocenters. The third-order valence-electron chi connectivity index (χ3n) is 4.54. The molecule has 0 bridgehead atoms. The highest BCUT2D eigenvalue weighted by atomic mass is 16.2. The lowest BCUT2D eigenvalue weighted by atomic mass is 9.97. The van der Waals surface area contributed by atoms with Crippen LogP contribution >= 0.6 is 0 Å². The quantitative estimate of drug-likeness (QED) is 0.907. The summed E-state index contributed by atoms with van der Waals surface area (Å²) < 4.78 is 0. The zero-order valence-corrected chi connectivity index (χ0v) is 14.6. The smallest absolute Gasteiger partial charge is 0.274 e. The molecule has 1 aromatic heterocycles. The van der Waals surface area contributed by atoms with Crippen molar-refractivity contribution in [3.63, 3.8) is 0 Å². The van der Waals surface area contributed by atoms with Crippen LogP contribution in [0.5, 0.6) is 0 Å². The topological polar surface area (TPSA) is 75.2 Å². The minimum atomic E-state index is -0.0807. The normalized spacial score (nSPS) is 17.5. The van der Waals surface area contributed by atoms with Gasteiger partial charge < -0.3 is 10.2 Å². The summed E-state index contributed by atoms with van der Waals surface area (Å²) in [7, 11) is 0. The Bertz CT molecular complexity index is 762. The second kappa shape index (κ2) is 8.05. The molecule has 132 valence electrons. The molecule has 0 saturated carbocycles. The van der Waals surface area contributed by atoms with E-state index in [1.54, 1.807) is 6.20 Å². The fourth-order valence-corrected chi connectivity index (χ4v) is 3.21. The third-order valence-corrected chi connectivity index (χ3v) is 4.54. The summed E-state index contributed by atoms with van der Waals surface area (Å²) in [5, 5.41) is 2.97. The van der Waals surface area contributed by atoms with Crippen molar-refractivity contribution in [2.75, 3.05) is 19.6 Å². The van der Waals surface area contributed by atoms with E-state index >= 15 is 0 Å². The summed E-state index contributed by atoms with van der Waals surface area (Å²) in [4.78, 5) is 35.0. The van der Waals surface area contributed by atoms with Gasteiger partial charge >= 0.3 is 0 Å². The molecule has 1 fully saturated rings. The molecule has 1 aromatic carbocycles. The van der Waals surface area contributed by atoms with E-state index in [9.17, 15) is 9.59 Å². The van der Waals surface area contributed by atoms with Crippen LogP contribution in [0.15, 0.2) is 30.5 Å². The van der Waals surface area contributed by atoms with Gasteiger partial charge in [0.05, 0.1) is 17.2 Å². The van der Waals surface area contributed by atoms with Gasteiger partial charge in [0.25, 0.3) is 5.91 Å². The Kier molecular flexibility index (Phi) is 5.58. The molecule has 1 saturated heterocycles. The van der Waals surface area contributed by atoms with E-state index in [1.165, 1.54) is 0 Å². The number of hydrogen-bond donors (Lipinski definition) is 1. The van der Waals surface area contributed by atoms with Gasteiger partial charge in [0.15, 0.2) is 0 Å². The zero-order chi connectivity index (χ0) is 17.6. The molecule has 0 aliphatic carbocycles. The van der Waals surface area contributed by atoms with Crippen molar-refractivity contribution in [3.05, 3.63) is 36.2 Å². The Morgan fingerprint density at radius 1 is 1.28 bits per heavy atom. The lowest BCUT2D eigenvalue weighted by Crippen LogP contribution is -2.44. The van der Waals surface area contributed by atoms with Crippen LogP contribution < -0.4 is 5.32 Å². The van der Waals surface area contributed by atoms with Crippen LogP contribution in [0.3, 0.4) is 0 Å². The first-order valence-electron chi connectivity index (χ1n) is 8.95. The van der Waals surface area contributed by atoms with Crippen molar-refractivity contribution in [2.45, 2.75) is 32.6 Å². The molecular formula is C19H24N4O2. The fourth-order valence-electron chi connectivity index (χ4n) is 3.21. The number of aromatic nitrogens is 2. The van der Waals surface area contributed by atoms with Gasteiger partial charge in [-0.15, -0.1) is 0 Å². The molecule has 2 aromatic rings. The Morgan fingerprint density at radius 3 is 2.88 bits per heavy atom. The van der Waals surface area contributed by atoms with E-state index in [1.807, 2.05) is 36.1 Å². The number of para-hydroxylation sites is 2. The molecule has 3 rings (SSSR count). The Labute approximate surface area is 147 Å². The van der Waals surface area contributed by atoms with E-state index < -0.39 is 0 Å². The predicted octanol–water partition coefficient (Wildman–Crippen LogP) is 2.40. The minimum Gasteiger partial charge on any atom is -0.356 e. The van der Waals surface area contributed by atoms with E-state index in [0.717, 1.165) is 36.8 Å². The molecule has 25 heavy (non-hydrogen) atoms. The van der Waals surface area contributed by atoms with Gasteiger partial charge in [-0.25, -0.2) is 4.98 Å². The number of carbonyl (C=O) groups excluding carboxylic acids is 2. The summed E-state index contributed by atoms with van der Waals surface area (Å²) in [6.07, 6.45) is 4.93. The molecule has 0 spiro atoms. The molecule has 0 radical (unpaired) electrons. The van der Waals surface area contributed by atoms with Crippen LogP contribution in [-0.4, -0.2) is 46.3 Å². The lowest BCUT2D eigenvalue weighted by molar-refractivity contribution is -0.121. The van der Waals surface area contributed by atoms with Crippen molar-refractivity contribution < 1.29 is 9.59 Å². The highest BCUT2D eigenvalue weighted by Gasteiger charge is 2.25.